The van der Waals surface area contributed by atoms with E-state index in [0.717, 1.165) is 42.7 Å². The molecule has 8 N–H and O–H groups in total. The Balaban J connectivity index is 0.000000291. The average Bonchev–Trinajstić information content (AvgIpc) is 0.632. The molecule has 8 aliphatic heterocycles. The van der Waals surface area contributed by atoms with Gasteiger partial charge in [-0.1, -0.05) is 110 Å². The minimum atomic E-state index is -4.69. The number of benzene rings is 4. The molecular formula is C96H152N8O16. The minimum absolute atomic E-state index is 0.331. The molecule has 4 saturated heterocycles. The molecule has 16 unspecified atom stereocenters. The van der Waals surface area contributed by atoms with Gasteiger partial charge in [0.05, 0.1) is 86.9 Å². The third-order valence-corrected chi connectivity index (χ3v) is 16.9. The summed E-state index contributed by atoms with van der Waals surface area (Å²) in [7, 11) is -1.48. The number of ether oxygens (including phenoxy) is 12. The highest BCUT2D eigenvalue weighted by molar-refractivity contribution is 5.77. The van der Waals surface area contributed by atoms with E-state index in [2.05, 4.69) is 0 Å². The first-order chi connectivity index (χ1) is 88.6. The van der Waals surface area contributed by atoms with Crippen LogP contribution in [0.4, 0.5) is 0 Å². The summed E-state index contributed by atoms with van der Waals surface area (Å²) in [6.07, 6.45) is -69.1. The van der Waals surface area contributed by atoms with Gasteiger partial charge in [0.25, 0.3) is 0 Å². The fourth-order valence-electron chi connectivity index (χ4n) is 10.4. The summed E-state index contributed by atoms with van der Waals surface area (Å²) < 4.78 is 781. The highest BCUT2D eigenvalue weighted by Crippen LogP contribution is 2.50. The van der Waals surface area contributed by atoms with E-state index in [4.69, 9.17) is 154 Å². The summed E-state index contributed by atoms with van der Waals surface area (Å²) in [6.45, 7) is -38.1. The molecule has 4 aromatic rings. The lowest BCUT2D eigenvalue weighted by molar-refractivity contribution is -0.161. The monoisotopic (exact) mass is 1760 g/mol. The number of carbonyl (C=O) groups is 4. The largest absolute Gasteiger partial charge is 0.493 e. The van der Waals surface area contributed by atoms with Gasteiger partial charge in [0.2, 0.25) is 0 Å². The molecule has 0 aromatic heterocycles. The van der Waals surface area contributed by atoms with Gasteiger partial charge in [0.1, 0.15) is 48.5 Å². The molecule has 0 saturated carbocycles. The summed E-state index contributed by atoms with van der Waals surface area (Å²) in [5.74, 6) is -51.7. The van der Waals surface area contributed by atoms with Crippen molar-refractivity contribution >= 4 is 23.9 Å². The van der Waals surface area contributed by atoms with Gasteiger partial charge in [-0.3, -0.25) is 38.8 Å². The van der Waals surface area contributed by atoms with Crippen LogP contribution in [0.1, 0.15) is 342 Å². The zero-order valence-corrected chi connectivity index (χ0v) is 68.2. The number of hydrogen-bond donors (Lipinski definition) is 4. The van der Waals surface area contributed by atoms with Crippen molar-refractivity contribution in [1.82, 2.24) is 19.6 Å². The molecule has 8 heterocycles. The number of piperidine rings is 4. The number of nitrogens with two attached hydrogens (primary N) is 4. The second-order valence-electron chi connectivity index (χ2n) is 27.3. The molecule has 0 bridgehead atoms. The molecule has 4 aromatic carbocycles. The van der Waals surface area contributed by atoms with E-state index < -0.39 is 496 Å². The Kier molecular flexibility index (Phi) is 12.6. The van der Waals surface area contributed by atoms with Crippen LogP contribution in [-0.4, -0.2) is 201 Å². The number of nitrogens with zero attached hydrogens (tertiary/aromatic N) is 4. The lowest BCUT2D eigenvalue weighted by Crippen LogP contribution is -2.51. The zero-order valence-electron chi connectivity index (χ0n) is 150. The summed E-state index contributed by atoms with van der Waals surface area (Å²) in [6, 6.07) is -34.0. The van der Waals surface area contributed by atoms with Crippen molar-refractivity contribution in [2.24, 2.45) is 93.8 Å². The van der Waals surface area contributed by atoms with Gasteiger partial charge in [-0.2, -0.15) is 0 Å². The van der Waals surface area contributed by atoms with Crippen molar-refractivity contribution in [2.45, 2.75) is 260 Å². The van der Waals surface area contributed by atoms with Crippen LogP contribution >= 0.6 is 0 Å². The van der Waals surface area contributed by atoms with Crippen LogP contribution in [0.3, 0.4) is 0 Å². The van der Waals surface area contributed by atoms with Gasteiger partial charge < -0.3 is 79.8 Å². The highest BCUT2D eigenvalue weighted by Gasteiger charge is 2.47. The van der Waals surface area contributed by atoms with Crippen LogP contribution < -0.4 is 60.8 Å². The average molecular weight is 1760 g/mol. The molecule has 0 spiro atoms. The smallest absolute Gasteiger partial charge is 0.323 e. The number of carbonyl (C=O) groups excluding carboxylic acids is 4. The van der Waals surface area contributed by atoms with Crippen LogP contribution in [0.15, 0.2) is 48.3 Å². The Bertz CT molecular complexity index is 7690. The van der Waals surface area contributed by atoms with Crippen molar-refractivity contribution < 1.29 is 188 Å². The topological polar surface area (TPSA) is 296 Å². The Labute approximate surface area is 833 Å². The number of methoxy groups -OCH3 is 8. The highest BCUT2D eigenvalue weighted by atomic mass is 16.6. The number of fused-ring (bicyclic) bond motifs is 12. The SMILES string of the molecule is [2H]c1c(OC([2H])([2H])[2H])c(OC)c([2H])c2c1C([2H])([2H])C([2H])([2H])N1C([2H])([2H])C([2H])(C([2H])([2H])C([2H])(C)C([2H])([2H])[2H])C([2H])(OC(=O)[C@@H](N)C(C)C)C([2H])([2H])C21[2H].[2H]c1c(OC([2H])([2H])[2H])c(OC)c([2H])c2c1C([2H])([2H])C([2H])([2H])N1C([2H])([2H])C([2H])(C([2H])([2H])C([2H])(C)C([2H])([2H])[2H])C([2H])(OC(=O)[C@@H](N)C(C)C)C([2H])([2H])C21[2H].[2H]c1c(OC)c(OC)c([2H])c2c1C([2H])([2H])C([2H])([2H])N1C([2H])([2H])C([2H])(C([2H])([2H])C([2H])(C)C([2H])([2H])[2H])C([2H])(OC(=O)[C@@H](N)C(C)C)C([2H])([2H])C21[2H].[2H]c1c(OC)c(OC)c([2H])c2c1C([2H])([2H])C([2H])([2H])N1C([2H])([2H])C([2H])(C([2H])([2H])C([2H])(C)C([2H])([2H])[2H])C([2H])(OC(=O)[C@@H](N)C(C)C)C([2H])([2H])C21[2H]. The molecule has 0 aliphatic carbocycles. The van der Waals surface area contributed by atoms with Gasteiger partial charge in [-0.05, 0) is 191 Å². The van der Waals surface area contributed by atoms with E-state index in [1.807, 2.05) is 0 Å². The lowest BCUT2D eigenvalue weighted by Gasteiger charge is -2.47. The van der Waals surface area contributed by atoms with Crippen LogP contribution in [0, 0.1) is 70.8 Å². The van der Waals surface area contributed by atoms with Gasteiger partial charge in [0, 0.05) is 207 Å². The first-order valence-corrected chi connectivity index (χ1v) is 36.1. The minimum Gasteiger partial charge on any atom is -0.493 e. The standard InChI is InChI=1S/4C24H38N2O4/c4*1-14(2)9-17-13-26-8-7-16-10-21(28-5)22(29-6)11-18(16)19(26)12-20(17)30-24(27)23(25)15(3)4/h4*10-11,14-15,17,19-20,23H,7-9,12-13,25H2,1-6H3/t4*17?,19?,20?,23-/m0000/s1/i2*1D3,5D3,7D2,8D2,9D2,10D,11D,12D2,13D2,14D,17D,19D,20D;2*1D3,7D2,8D2,9D2,10D,11D,12D2,13D2,14D,17D,19D,20D/t4*14?,17?,19?,20?,23-. The summed E-state index contributed by atoms with van der Waals surface area (Å²) >= 11 is 0. The van der Waals surface area contributed by atoms with Crippen molar-refractivity contribution in [3.63, 3.8) is 0 Å². The van der Waals surface area contributed by atoms with Gasteiger partial charge in [0.15, 0.2) is 46.0 Å². The Hall–Kier alpha value is -7.16. The normalized spacial score (nSPS) is 52.0. The number of hydrogen-bond acceptors (Lipinski definition) is 24. The molecule has 120 heavy (non-hydrogen) atoms. The first-order valence-electron chi connectivity index (χ1n) is 77.1. The molecule has 8 aliphatic rings. The fraction of sp³-hybridized carbons (Fsp3) is 0.708. The van der Waals surface area contributed by atoms with Crippen molar-refractivity contribution in [1.29, 1.82) is 0 Å². The van der Waals surface area contributed by atoms with Crippen LogP contribution in [0.25, 0.3) is 0 Å². The Morgan fingerprint density at radius 2 is 0.558 bits per heavy atom. The maximum Gasteiger partial charge on any atom is 0.323 e. The van der Waals surface area contributed by atoms with E-state index in [9.17, 15) is 57.6 Å². The molecule has 24 heteroatoms. The summed E-state index contributed by atoms with van der Waals surface area (Å²) in [4.78, 5) is 51.2. The van der Waals surface area contributed by atoms with Gasteiger partial charge in [-0.15, -0.1) is 0 Å². The molecule has 4 fully saturated rings. The van der Waals surface area contributed by atoms with Crippen LogP contribution in [0.2, 0.25) is 0 Å². The van der Waals surface area contributed by atoms with Crippen molar-refractivity contribution in [3.8, 4) is 46.0 Å². The Morgan fingerprint density at radius 3 is 0.733 bits per heavy atom. The maximum atomic E-state index is 13.5. The molecule has 24 nitrogen and oxygen atoms in total. The lowest BCUT2D eigenvalue weighted by atomic mass is 9.79. The van der Waals surface area contributed by atoms with Gasteiger partial charge in [-0.25, -0.2) is 0 Å². The van der Waals surface area contributed by atoms with Crippen LogP contribution in [0.5, 0.6) is 46.0 Å². The molecule has 12 rings (SSSR count). The summed E-state index contributed by atoms with van der Waals surface area (Å²) in [5.41, 5.74) is 12.3. The van der Waals surface area contributed by atoms with E-state index >= 15 is 0 Å². The third kappa shape index (κ3) is 23.8. The molecule has 672 valence electrons. The number of esters is 4. The van der Waals surface area contributed by atoms with E-state index in [1.54, 1.807) is 0 Å². The van der Waals surface area contributed by atoms with E-state index in [1.165, 1.54) is 55.4 Å². The third-order valence-electron chi connectivity index (χ3n) is 16.9. The predicted molar refractivity (Wildman–Crippen MR) is 471 cm³/mol. The van der Waals surface area contributed by atoms with Crippen molar-refractivity contribution in [3.05, 3.63) is 92.8 Å². The fourth-order valence-corrected chi connectivity index (χ4v) is 10.4. The maximum absolute atomic E-state index is 13.5. The zero-order chi connectivity index (χ0) is 161. The molecular weight excluding hydrogens is 1520 g/mol. The first kappa shape index (κ1) is 34.3. The summed E-state index contributed by atoms with van der Waals surface area (Å²) in [5, 5.41) is 0. The van der Waals surface area contributed by atoms with E-state index in [0.29, 0.717) is 27.7 Å². The molecule has 20 atom stereocenters. The quantitative estimate of drug-likeness (QED) is 0.0303. The predicted octanol–water partition coefficient (Wildman–Crippen LogP) is 14.3. The van der Waals surface area contributed by atoms with E-state index in [-0.39, 0.29) is 0 Å². The van der Waals surface area contributed by atoms with Crippen molar-refractivity contribution in [2.75, 3.05) is 109 Å². The Morgan fingerprint density at radius 1 is 0.367 bits per heavy atom. The number of rotatable bonds is 28. The second kappa shape index (κ2) is 43.9. The van der Waals surface area contributed by atoms with Gasteiger partial charge >= 0.3 is 23.9 Å². The van der Waals surface area contributed by atoms with Crippen LogP contribution in [-0.2, 0) is 63.6 Å². The molecule has 0 amide bonds. The molecule has 0 radical (unpaired) electrons. The second-order valence-corrected chi connectivity index (χ2v) is 27.3.